The number of carbonyl (C=O) groups excluding carboxylic acids is 1. The van der Waals surface area contributed by atoms with E-state index in [1.54, 1.807) is 12.1 Å². The van der Waals surface area contributed by atoms with E-state index in [-0.39, 0.29) is 5.91 Å². The van der Waals surface area contributed by atoms with Gasteiger partial charge in [-0.05, 0) is 55.2 Å². The van der Waals surface area contributed by atoms with E-state index in [2.05, 4.69) is 26.5 Å². The first-order chi connectivity index (χ1) is 9.22. The van der Waals surface area contributed by atoms with Crippen molar-refractivity contribution in [2.75, 3.05) is 0 Å². The second-order valence-corrected chi connectivity index (χ2v) is 6.48. The first-order valence-electron chi connectivity index (χ1n) is 6.81. The number of hydrazone groups is 1. The highest BCUT2D eigenvalue weighted by molar-refractivity contribution is 9.10. The van der Waals surface area contributed by atoms with Gasteiger partial charge in [-0.15, -0.1) is 0 Å². The molecular weight excluding hydrogens is 304 g/mol. The van der Waals surface area contributed by atoms with Crippen molar-refractivity contribution in [1.82, 2.24) is 5.43 Å². The highest BCUT2D eigenvalue weighted by atomic mass is 79.9. The quantitative estimate of drug-likeness (QED) is 0.671. The number of hydrogen-bond acceptors (Lipinski definition) is 2. The third kappa shape index (κ3) is 2.89. The standard InChI is InChI=1S/C15H17BrN2O/c16-14-3-1-2-12(8-14)15(19)18-17-9-13-7-10-4-5-11(13)6-10/h1-3,8-11,13H,4-7H2,(H,18,19)/b17-9-. The molecular formula is C15H17BrN2O. The fourth-order valence-corrected chi connectivity index (χ4v) is 3.76. The summed E-state index contributed by atoms with van der Waals surface area (Å²) in [5.41, 5.74) is 3.25. The highest BCUT2D eigenvalue weighted by Gasteiger charge is 2.38. The Kier molecular flexibility index (Phi) is 3.69. The molecule has 3 nitrogen and oxygen atoms in total. The van der Waals surface area contributed by atoms with Crippen LogP contribution in [0.25, 0.3) is 0 Å². The zero-order valence-electron chi connectivity index (χ0n) is 10.7. The summed E-state index contributed by atoms with van der Waals surface area (Å²) in [5.74, 6) is 2.13. The van der Waals surface area contributed by atoms with Crippen molar-refractivity contribution in [1.29, 1.82) is 0 Å². The second kappa shape index (κ2) is 5.45. The van der Waals surface area contributed by atoms with Crippen LogP contribution in [0.4, 0.5) is 0 Å². The van der Waals surface area contributed by atoms with E-state index in [1.807, 2.05) is 18.3 Å². The number of benzene rings is 1. The minimum Gasteiger partial charge on any atom is -0.267 e. The van der Waals surface area contributed by atoms with Crippen LogP contribution in [0.15, 0.2) is 33.8 Å². The van der Waals surface area contributed by atoms with Crippen LogP contribution in [0.2, 0.25) is 0 Å². The number of amides is 1. The van der Waals surface area contributed by atoms with Crippen LogP contribution in [-0.2, 0) is 0 Å². The van der Waals surface area contributed by atoms with E-state index in [0.717, 1.165) is 16.3 Å². The molecule has 0 saturated heterocycles. The summed E-state index contributed by atoms with van der Waals surface area (Å²) >= 11 is 3.36. The maximum absolute atomic E-state index is 11.9. The summed E-state index contributed by atoms with van der Waals surface area (Å²) < 4.78 is 0.900. The Labute approximate surface area is 121 Å². The Balaban J connectivity index is 1.56. The molecule has 3 atom stereocenters. The molecule has 3 rings (SSSR count). The molecule has 0 radical (unpaired) electrons. The molecule has 0 aliphatic heterocycles. The average Bonchev–Trinajstić information content (AvgIpc) is 3.01. The fourth-order valence-electron chi connectivity index (χ4n) is 3.36. The number of nitrogens with zero attached hydrogens (tertiary/aromatic N) is 1. The third-order valence-corrected chi connectivity index (χ3v) is 4.80. The van der Waals surface area contributed by atoms with Gasteiger partial charge in [-0.2, -0.15) is 5.10 Å². The summed E-state index contributed by atoms with van der Waals surface area (Å²) in [6.45, 7) is 0. The van der Waals surface area contributed by atoms with Gasteiger partial charge in [0.1, 0.15) is 0 Å². The maximum Gasteiger partial charge on any atom is 0.271 e. The molecule has 2 aliphatic rings. The van der Waals surface area contributed by atoms with Crippen molar-refractivity contribution in [3.8, 4) is 0 Å². The molecule has 3 unspecified atom stereocenters. The van der Waals surface area contributed by atoms with E-state index < -0.39 is 0 Å². The molecule has 0 spiro atoms. The van der Waals surface area contributed by atoms with Crippen LogP contribution in [0, 0.1) is 17.8 Å². The molecule has 1 aromatic carbocycles. The smallest absolute Gasteiger partial charge is 0.267 e. The van der Waals surface area contributed by atoms with Crippen LogP contribution < -0.4 is 5.43 Å². The van der Waals surface area contributed by atoms with E-state index in [4.69, 9.17) is 0 Å². The predicted octanol–water partition coefficient (Wildman–Crippen LogP) is 3.60. The van der Waals surface area contributed by atoms with E-state index in [9.17, 15) is 4.79 Å². The number of halogens is 1. The van der Waals surface area contributed by atoms with Crippen molar-refractivity contribution >= 4 is 28.1 Å². The summed E-state index contributed by atoms with van der Waals surface area (Å²) in [6, 6.07) is 7.32. The topological polar surface area (TPSA) is 41.5 Å². The molecule has 0 heterocycles. The molecule has 2 bridgehead atoms. The molecule has 2 aliphatic carbocycles. The molecule has 100 valence electrons. The molecule has 2 fully saturated rings. The van der Waals surface area contributed by atoms with Gasteiger partial charge in [-0.25, -0.2) is 5.43 Å². The summed E-state index contributed by atoms with van der Waals surface area (Å²) in [4.78, 5) is 11.9. The molecule has 1 aromatic rings. The monoisotopic (exact) mass is 320 g/mol. The van der Waals surface area contributed by atoms with Gasteiger partial charge < -0.3 is 0 Å². The minimum absolute atomic E-state index is 0.152. The van der Waals surface area contributed by atoms with Crippen LogP contribution in [-0.4, -0.2) is 12.1 Å². The van der Waals surface area contributed by atoms with Crippen molar-refractivity contribution in [2.24, 2.45) is 22.9 Å². The predicted molar refractivity (Wildman–Crippen MR) is 79.0 cm³/mol. The van der Waals surface area contributed by atoms with Crippen molar-refractivity contribution in [2.45, 2.75) is 25.7 Å². The van der Waals surface area contributed by atoms with E-state index in [0.29, 0.717) is 11.5 Å². The van der Waals surface area contributed by atoms with E-state index >= 15 is 0 Å². The van der Waals surface area contributed by atoms with Crippen LogP contribution in [0.3, 0.4) is 0 Å². The minimum atomic E-state index is -0.152. The number of nitrogens with one attached hydrogen (secondary N) is 1. The summed E-state index contributed by atoms with van der Waals surface area (Å²) in [6.07, 6.45) is 7.28. The number of carbonyl (C=O) groups is 1. The van der Waals surface area contributed by atoms with Gasteiger partial charge in [-0.3, -0.25) is 4.79 Å². The average molecular weight is 321 g/mol. The van der Waals surface area contributed by atoms with Gasteiger partial charge in [-0.1, -0.05) is 28.4 Å². The largest absolute Gasteiger partial charge is 0.271 e. The van der Waals surface area contributed by atoms with Gasteiger partial charge in [0.2, 0.25) is 0 Å². The second-order valence-electron chi connectivity index (χ2n) is 5.57. The lowest BCUT2D eigenvalue weighted by Gasteiger charge is -2.16. The molecule has 1 amide bonds. The Hall–Kier alpha value is -1.16. The lowest BCUT2D eigenvalue weighted by molar-refractivity contribution is 0.0954. The van der Waals surface area contributed by atoms with Gasteiger partial charge in [0.25, 0.3) is 5.91 Å². The van der Waals surface area contributed by atoms with Crippen molar-refractivity contribution < 1.29 is 4.79 Å². The lowest BCUT2D eigenvalue weighted by Crippen LogP contribution is -2.20. The molecule has 0 aromatic heterocycles. The molecule has 2 saturated carbocycles. The van der Waals surface area contributed by atoms with Gasteiger partial charge in [0.05, 0.1) is 0 Å². The Morgan fingerprint density at radius 2 is 2.26 bits per heavy atom. The van der Waals surface area contributed by atoms with Crippen LogP contribution in [0.1, 0.15) is 36.0 Å². The highest BCUT2D eigenvalue weighted by Crippen LogP contribution is 2.47. The van der Waals surface area contributed by atoms with Crippen LogP contribution >= 0.6 is 15.9 Å². The van der Waals surface area contributed by atoms with Gasteiger partial charge in [0, 0.05) is 16.3 Å². The molecule has 4 heteroatoms. The first-order valence-corrected chi connectivity index (χ1v) is 7.61. The lowest BCUT2D eigenvalue weighted by atomic mass is 9.90. The Morgan fingerprint density at radius 3 is 2.95 bits per heavy atom. The normalized spacial score (nSPS) is 29.0. The molecule has 1 N–H and O–H groups in total. The Morgan fingerprint density at radius 1 is 1.37 bits per heavy atom. The Bertz CT molecular complexity index is 515. The van der Waals surface area contributed by atoms with Gasteiger partial charge in [0.15, 0.2) is 0 Å². The third-order valence-electron chi connectivity index (χ3n) is 4.31. The molecule has 19 heavy (non-hydrogen) atoms. The summed E-state index contributed by atoms with van der Waals surface area (Å²) in [7, 11) is 0. The van der Waals surface area contributed by atoms with Gasteiger partial charge >= 0.3 is 0 Å². The zero-order valence-corrected chi connectivity index (χ0v) is 12.3. The van der Waals surface area contributed by atoms with Crippen molar-refractivity contribution in [3.05, 3.63) is 34.3 Å². The van der Waals surface area contributed by atoms with E-state index in [1.165, 1.54) is 25.7 Å². The maximum atomic E-state index is 11.9. The van der Waals surface area contributed by atoms with Crippen LogP contribution in [0.5, 0.6) is 0 Å². The zero-order chi connectivity index (χ0) is 13.2. The van der Waals surface area contributed by atoms with Crippen molar-refractivity contribution in [3.63, 3.8) is 0 Å². The number of hydrogen-bond donors (Lipinski definition) is 1. The SMILES string of the molecule is O=C(N/N=C\C1CC2CCC1C2)c1cccc(Br)c1. The summed E-state index contributed by atoms with van der Waals surface area (Å²) in [5, 5.41) is 4.14. The number of fused-ring (bicyclic) bond motifs is 2. The fraction of sp³-hybridized carbons (Fsp3) is 0.467. The first kappa shape index (κ1) is 12.9. The number of rotatable bonds is 3.